The molecule has 5 nitrogen and oxygen atoms in total. The van der Waals surface area contributed by atoms with Gasteiger partial charge in [-0.1, -0.05) is 13.8 Å². The number of thiazole rings is 1. The van der Waals surface area contributed by atoms with Gasteiger partial charge in [0.05, 0.1) is 22.7 Å². The summed E-state index contributed by atoms with van der Waals surface area (Å²) in [5.74, 6) is -0.0991. The van der Waals surface area contributed by atoms with E-state index in [4.69, 9.17) is 9.47 Å². The molecule has 2 heterocycles. The maximum Gasteiger partial charge on any atom is 0.350 e. The van der Waals surface area contributed by atoms with Crippen molar-refractivity contribution in [1.29, 1.82) is 5.26 Å². The molecule has 0 spiro atoms. The van der Waals surface area contributed by atoms with Crippen molar-refractivity contribution >= 4 is 17.3 Å². The number of carbonyl (C=O) groups is 1. The van der Waals surface area contributed by atoms with Crippen LogP contribution < -0.4 is 0 Å². The number of nitriles is 1. The van der Waals surface area contributed by atoms with Gasteiger partial charge < -0.3 is 9.47 Å². The lowest BCUT2D eigenvalue weighted by atomic mass is 9.83. The third-order valence-corrected chi connectivity index (χ3v) is 4.66. The van der Waals surface area contributed by atoms with E-state index in [1.165, 1.54) is 11.3 Å². The first-order chi connectivity index (χ1) is 9.56. The topological polar surface area (TPSA) is 72.2 Å². The number of carbonyl (C=O) groups excluding carboxylic acids is 1. The molecule has 1 aromatic rings. The minimum atomic E-state index is -0.598. The summed E-state index contributed by atoms with van der Waals surface area (Å²) in [6.07, 6.45) is 2.76. The van der Waals surface area contributed by atoms with Gasteiger partial charge in [0.1, 0.15) is 11.5 Å². The standard InChI is InChI=1S/C14H18N2O3S/c1-10(2)12-16-7-11(20-12)13(17)19-9-14(8-15)3-5-18-6-4-14/h7,10H,3-6,9H2,1-2H3. The van der Waals surface area contributed by atoms with Crippen LogP contribution in [0.25, 0.3) is 0 Å². The summed E-state index contributed by atoms with van der Waals surface area (Å²) in [6, 6.07) is 2.28. The van der Waals surface area contributed by atoms with Crippen molar-refractivity contribution in [2.75, 3.05) is 19.8 Å². The van der Waals surface area contributed by atoms with E-state index in [1.807, 2.05) is 13.8 Å². The van der Waals surface area contributed by atoms with Crippen LogP contribution in [0, 0.1) is 16.7 Å². The van der Waals surface area contributed by atoms with E-state index < -0.39 is 11.4 Å². The van der Waals surface area contributed by atoms with Crippen LogP contribution in [0.1, 0.15) is 47.3 Å². The molecular formula is C14H18N2O3S. The zero-order valence-corrected chi connectivity index (χ0v) is 12.5. The van der Waals surface area contributed by atoms with Crippen molar-refractivity contribution < 1.29 is 14.3 Å². The van der Waals surface area contributed by atoms with Gasteiger partial charge in [0.15, 0.2) is 0 Å². The molecule has 1 saturated heterocycles. The van der Waals surface area contributed by atoms with Crippen molar-refractivity contribution in [3.63, 3.8) is 0 Å². The lowest BCUT2D eigenvalue weighted by Gasteiger charge is -2.29. The SMILES string of the molecule is CC(C)c1ncc(C(=O)OCC2(C#N)CCOCC2)s1. The second-order valence-electron chi connectivity index (χ2n) is 5.30. The molecule has 0 bridgehead atoms. The van der Waals surface area contributed by atoms with Crippen LogP contribution in [0.3, 0.4) is 0 Å². The Morgan fingerprint density at radius 1 is 1.60 bits per heavy atom. The Balaban J connectivity index is 1.95. The van der Waals surface area contributed by atoms with Crippen LogP contribution in [0.4, 0.5) is 0 Å². The maximum absolute atomic E-state index is 12.0. The summed E-state index contributed by atoms with van der Waals surface area (Å²) in [5, 5.41) is 10.2. The zero-order chi connectivity index (χ0) is 14.6. The fourth-order valence-corrected chi connectivity index (χ4v) is 2.79. The fraction of sp³-hybridized carbons (Fsp3) is 0.643. The average molecular weight is 294 g/mol. The Hall–Kier alpha value is -1.45. The Labute approximate surface area is 122 Å². The summed E-state index contributed by atoms with van der Waals surface area (Å²) >= 11 is 1.35. The first kappa shape index (κ1) is 14.9. The number of hydrogen-bond acceptors (Lipinski definition) is 6. The molecule has 1 aliphatic heterocycles. The maximum atomic E-state index is 12.0. The van der Waals surface area contributed by atoms with Gasteiger partial charge in [-0.2, -0.15) is 5.26 Å². The molecule has 0 saturated carbocycles. The summed E-state index contributed by atoms with van der Waals surface area (Å²) < 4.78 is 10.6. The minimum Gasteiger partial charge on any atom is -0.460 e. The third kappa shape index (κ3) is 3.35. The largest absolute Gasteiger partial charge is 0.460 e. The molecule has 108 valence electrons. The molecule has 2 rings (SSSR count). The molecule has 0 amide bonds. The number of rotatable bonds is 4. The molecule has 0 aliphatic carbocycles. The molecule has 0 aromatic carbocycles. The third-order valence-electron chi connectivity index (χ3n) is 3.39. The van der Waals surface area contributed by atoms with Crippen LogP contribution in [-0.2, 0) is 9.47 Å². The summed E-state index contributed by atoms with van der Waals surface area (Å²) in [7, 11) is 0. The lowest BCUT2D eigenvalue weighted by molar-refractivity contribution is -0.00442. The molecule has 0 N–H and O–H groups in total. The normalized spacial score (nSPS) is 17.7. The van der Waals surface area contributed by atoms with Crippen molar-refractivity contribution in [3.8, 4) is 6.07 Å². The Morgan fingerprint density at radius 3 is 2.85 bits per heavy atom. The minimum absolute atomic E-state index is 0.126. The fourth-order valence-electron chi connectivity index (χ4n) is 1.97. The van der Waals surface area contributed by atoms with E-state index in [1.54, 1.807) is 6.20 Å². The van der Waals surface area contributed by atoms with E-state index >= 15 is 0 Å². The second kappa shape index (κ2) is 6.33. The van der Waals surface area contributed by atoms with Crippen molar-refractivity contribution in [2.24, 2.45) is 5.41 Å². The van der Waals surface area contributed by atoms with Crippen molar-refractivity contribution in [1.82, 2.24) is 4.98 Å². The van der Waals surface area contributed by atoms with Gasteiger partial charge in [-0.15, -0.1) is 11.3 Å². The molecule has 0 unspecified atom stereocenters. The molecule has 1 fully saturated rings. The molecule has 0 atom stereocenters. The summed E-state index contributed by atoms with van der Waals surface area (Å²) in [4.78, 5) is 16.7. The molecule has 1 aliphatic rings. The molecule has 20 heavy (non-hydrogen) atoms. The molecular weight excluding hydrogens is 276 g/mol. The van der Waals surface area contributed by atoms with Crippen LogP contribution in [0.2, 0.25) is 0 Å². The Morgan fingerprint density at radius 2 is 2.30 bits per heavy atom. The van der Waals surface area contributed by atoms with Crippen LogP contribution in [0.5, 0.6) is 0 Å². The predicted octanol–water partition coefficient (Wildman–Crippen LogP) is 2.74. The summed E-state index contributed by atoms with van der Waals surface area (Å²) in [6.45, 7) is 5.27. The second-order valence-corrected chi connectivity index (χ2v) is 6.36. The van der Waals surface area contributed by atoms with E-state index in [-0.39, 0.29) is 6.61 Å². The lowest BCUT2D eigenvalue weighted by Crippen LogP contribution is -2.33. The highest BCUT2D eigenvalue weighted by Crippen LogP contribution is 2.30. The van der Waals surface area contributed by atoms with Gasteiger partial charge in [-0.05, 0) is 12.8 Å². The monoisotopic (exact) mass is 294 g/mol. The number of ether oxygens (including phenoxy) is 2. The number of aromatic nitrogens is 1. The van der Waals surface area contributed by atoms with Gasteiger partial charge >= 0.3 is 5.97 Å². The Kier molecular flexibility index (Phi) is 4.73. The van der Waals surface area contributed by atoms with Gasteiger partial charge in [-0.25, -0.2) is 9.78 Å². The van der Waals surface area contributed by atoms with Crippen molar-refractivity contribution in [2.45, 2.75) is 32.6 Å². The quantitative estimate of drug-likeness (QED) is 0.798. The smallest absolute Gasteiger partial charge is 0.350 e. The van der Waals surface area contributed by atoms with Gasteiger partial charge in [0.2, 0.25) is 0 Å². The van der Waals surface area contributed by atoms with E-state index in [9.17, 15) is 10.1 Å². The van der Waals surface area contributed by atoms with Crippen molar-refractivity contribution in [3.05, 3.63) is 16.1 Å². The van der Waals surface area contributed by atoms with Crippen LogP contribution in [0.15, 0.2) is 6.20 Å². The van der Waals surface area contributed by atoms with Gasteiger partial charge in [0.25, 0.3) is 0 Å². The first-order valence-electron chi connectivity index (χ1n) is 6.68. The van der Waals surface area contributed by atoms with E-state index in [0.717, 1.165) is 5.01 Å². The van der Waals surface area contributed by atoms with E-state index in [0.29, 0.717) is 36.9 Å². The number of hydrogen-bond donors (Lipinski definition) is 0. The number of esters is 1. The molecule has 0 radical (unpaired) electrons. The highest BCUT2D eigenvalue weighted by atomic mass is 32.1. The zero-order valence-electron chi connectivity index (χ0n) is 11.7. The average Bonchev–Trinajstić information content (AvgIpc) is 2.96. The predicted molar refractivity (Wildman–Crippen MR) is 74.6 cm³/mol. The Bertz CT molecular complexity index is 513. The van der Waals surface area contributed by atoms with E-state index in [2.05, 4.69) is 11.1 Å². The first-order valence-corrected chi connectivity index (χ1v) is 7.50. The number of nitrogens with zero attached hydrogens (tertiary/aromatic N) is 2. The highest BCUT2D eigenvalue weighted by molar-refractivity contribution is 7.13. The van der Waals surface area contributed by atoms with Gasteiger partial charge in [0, 0.05) is 19.1 Å². The summed E-state index contributed by atoms with van der Waals surface area (Å²) in [5.41, 5.74) is -0.598. The van der Waals surface area contributed by atoms with Gasteiger partial charge in [-0.3, -0.25) is 0 Å². The molecule has 6 heteroatoms. The highest BCUT2D eigenvalue weighted by Gasteiger charge is 2.34. The van der Waals surface area contributed by atoms with Crippen LogP contribution in [-0.4, -0.2) is 30.8 Å². The van der Waals surface area contributed by atoms with Crippen LogP contribution >= 0.6 is 11.3 Å². The molecule has 1 aromatic heterocycles.